The number of Topliss-reactive ketones (excluding diaryl/α,β-unsaturated/α-hetero) is 1. The second kappa shape index (κ2) is 13.1. The molecular formula is C25H30N4O9. The summed E-state index contributed by atoms with van der Waals surface area (Å²) in [6, 6.07) is 4.61. The van der Waals surface area contributed by atoms with E-state index in [1.165, 1.54) is 12.1 Å². The number of oxime groups is 2. The number of ketones is 1. The quantitative estimate of drug-likeness (QED) is 0.115. The third kappa shape index (κ3) is 6.81. The Hall–Kier alpha value is -4.55. The smallest absolute Gasteiger partial charge is 0.344 e. The lowest BCUT2D eigenvalue weighted by Crippen LogP contribution is -2.38. The van der Waals surface area contributed by atoms with Crippen LogP contribution >= 0.6 is 0 Å². The summed E-state index contributed by atoms with van der Waals surface area (Å²) in [5.74, 6) is -2.55. The fourth-order valence-corrected chi connectivity index (χ4v) is 4.01. The van der Waals surface area contributed by atoms with Gasteiger partial charge in [-0.1, -0.05) is 22.5 Å². The normalized spacial score (nSPS) is 19.1. The predicted octanol–water partition coefficient (Wildman–Crippen LogP) is 1.07. The van der Waals surface area contributed by atoms with Crippen LogP contribution in [0.2, 0.25) is 0 Å². The molecule has 1 heterocycles. The molecule has 2 unspecified atom stereocenters. The monoisotopic (exact) mass is 530 g/mol. The van der Waals surface area contributed by atoms with E-state index >= 15 is 0 Å². The molecule has 13 nitrogen and oxygen atoms in total. The van der Waals surface area contributed by atoms with Gasteiger partial charge in [-0.05, 0) is 37.6 Å². The van der Waals surface area contributed by atoms with Gasteiger partial charge < -0.3 is 40.0 Å². The van der Waals surface area contributed by atoms with Gasteiger partial charge in [-0.3, -0.25) is 4.79 Å². The molecule has 1 aromatic rings. The second-order valence-corrected chi connectivity index (χ2v) is 8.27. The molecule has 0 amide bonds. The number of carbonyl (C=O) groups excluding carboxylic acids is 3. The van der Waals surface area contributed by atoms with E-state index < -0.39 is 30.4 Å². The summed E-state index contributed by atoms with van der Waals surface area (Å²) in [5.41, 5.74) is 7.08. The van der Waals surface area contributed by atoms with Crippen LogP contribution in [0.25, 0.3) is 0 Å². The number of carbonyl (C=O) groups is 3. The Bertz CT molecular complexity index is 1180. The Labute approximate surface area is 218 Å². The molecule has 0 radical (unpaired) electrons. The van der Waals surface area contributed by atoms with Crippen molar-refractivity contribution in [1.82, 2.24) is 4.90 Å². The van der Waals surface area contributed by atoms with Gasteiger partial charge in [0.1, 0.15) is 5.71 Å². The molecule has 1 aromatic carbocycles. The minimum absolute atomic E-state index is 0.120. The first-order chi connectivity index (χ1) is 18.3. The lowest BCUT2D eigenvalue weighted by atomic mass is 9.83. The summed E-state index contributed by atoms with van der Waals surface area (Å²) < 4.78 is 20.8. The minimum atomic E-state index is -0.811. The first-order valence-electron chi connectivity index (χ1n) is 11.9. The van der Waals surface area contributed by atoms with Crippen molar-refractivity contribution in [2.45, 2.75) is 13.8 Å². The fourth-order valence-electron chi connectivity index (χ4n) is 4.01. The summed E-state index contributed by atoms with van der Waals surface area (Å²) >= 11 is 0. The molecule has 1 aliphatic carbocycles. The zero-order chi connectivity index (χ0) is 27.7. The van der Waals surface area contributed by atoms with E-state index in [-0.39, 0.29) is 55.2 Å². The van der Waals surface area contributed by atoms with Crippen LogP contribution in [0.5, 0.6) is 11.5 Å². The van der Waals surface area contributed by atoms with E-state index in [2.05, 4.69) is 10.3 Å². The van der Waals surface area contributed by atoms with Crippen molar-refractivity contribution in [2.24, 2.45) is 27.9 Å². The molecule has 2 aliphatic rings. The van der Waals surface area contributed by atoms with Crippen molar-refractivity contribution in [3.8, 4) is 11.5 Å². The van der Waals surface area contributed by atoms with Crippen molar-refractivity contribution in [3.05, 3.63) is 47.7 Å². The number of fused-ring (bicyclic) bond motifs is 1. The molecule has 0 aromatic heterocycles. The molecule has 0 fully saturated rings. The molecule has 0 saturated heterocycles. The molecule has 1 aliphatic heterocycles. The Morgan fingerprint density at radius 1 is 1.05 bits per heavy atom. The van der Waals surface area contributed by atoms with Crippen LogP contribution in [0.1, 0.15) is 19.4 Å². The SMILES string of the molecule is CCOC(=O)COc1ccc(C(CN2C=C3C=CC(C(N)=NO)C(=O)C3C2)=NO)cc1OCC(=O)OCC. The van der Waals surface area contributed by atoms with Crippen LogP contribution in [-0.2, 0) is 23.9 Å². The largest absolute Gasteiger partial charge is 0.478 e. The van der Waals surface area contributed by atoms with Gasteiger partial charge in [-0.25, -0.2) is 9.59 Å². The van der Waals surface area contributed by atoms with Gasteiger partial charge in [0.05, 0.1) is 31.6 Å². The molecule has 4 N–H and O–H groups in total. The summed E-state index contributed by atoms with van der Waals surface area (Å²) in [6.07, 6.45) is 5.11. The highest BCUT2D eigenvalue weighted by molar-refractivity contribution is 6.08. The van der Waals surface area contributed by atoms with Crippen LogP contribution in [0, 0.1) is 11.8 Å². The van der Waals surface area contributed by atoms with Crippen LogP contribution in [-0.4, -0.2) is 84.1 Å². The van der Waals surface area contributed by atoms with Gasteiger partial charge >= 0.3 is 11.9 Å². The maximum atomic E-state index is 12.8. The number of nitrogens with zero attached hydrogens (tertiary/aromatic N) is 3. The van der Waals surface area contributed by atoms with Crippen molar-refractivity contribution in [1.29, 1.82) is 0 Å². The van der Waals surface area contributed by atoms with Gasteiger partial charge in [0.25, 0.3) is 0 Å². The fraction of sp³-hybridized carbons (Fsp3) is 0.400. The number of allylic oxidation sites excluding steroid dienone is 1. The molecule has 0 bridgehead atoms. The molecule has 13 heteroatoms. The Balaban J connectivity index is 1.76. The van der Waals surface area contributed by atoms with Gasteiger partial charge in [-0.2, -0.15) is 0 Å². The molecule has 0 spiro atoms. The number of hydrogen-bond donors (Lipinski definition) is 3. The molecule has 38 heavy (non-hydrogen) atoms. The number of ether oxygens (including phenoxy) is 4. The minimum Gasteiger partial charge on any atom is -0.478 e. The van der Waals surface area contributed by atoms with E-state index in [1.54, 1.807) is 43.2 Å². The van der Waals surface area contributed by atoms with Crippen molar-refractivity contribution in [2.75, 3.05) is 39.5 Å². The van der Waals surface area contributed by atoms with Crippen LogP contribution in [0.3, 0.4) is 0 Å². The number of nitrogens with two attached hydrogens (primary N) is 1. The van der Waals surface area contributed by atoms with Crippen LogP contribution in [0.15, 0.2) is 52.4 Å². The second-order valence-electron chi connectivity index (χ2n) is 8.27. The average Bonchev–Trinajstić information content (AvgIpc) is 3.33. The first-order valence-corrected chi connectivity index (χ1v) is 11.9. The Morgan fingerprint density at radius 3 is 2.32 bits per heavy atom. The molecule has 2 atom stereocenters. The molecule has 3 rings (SSSR count). The maximum absolute atomic E-state index is 12.8. The third-order valence-electron chi connectivity index (χ3n) is 5.77. The third-order valence-corrected chi connectivity index (χ3v) is 5.77. The molecule has 0 saturated carbocycles. The average molecular weight is 531 g/mol. The lowest BCUT2D eigenvalue weighted by Gasteiger charge is -2.22. The van der Waals surface area contributed by atoms with Crippen LogP contribution in [0.4, 0.5) is 0 Å². The van der Waals surface area contributed by atoms with E-state index in [0.29, 0.717) is 12.1 Å². The molecule has 204 valence electrons. The predicted molar refractivity (Wildman–Crippen MR) is 133 cm³/mol. The standard InChI is InChI=1S/C25H30N4O9/c1-3-35-22(30)13-37-20-8-6-15(9-21(20)38-14-23(31)36-4-2)19(27-33)12-29-10-16-5-7-17(25(26)28-34)24(32)18(16)11-29/h5-10,17-18,33-34H,3-4,11-14H2,1-2H3,(H2,26,28). The zero-order valence-electron chi connectivity index (χ0n) is 21.0. The summed E-state index contributed by atoms with van der Waals surface area (Å²) in [7, 11) is 0. The lowest BCUT2D eigenvalue weighted by molar-refractivity contribution is -0.146. The van der Waals surface area contributed by atoms with Gasteiger partial charge in [0.2, 0.25) is 0 Å². The van der Waals surface area contributed by atoms with E-state index in [9.17, 15) is 19.6 Å². The summed E-state index contributed by atoms with van der Waals surface area (Å²) in [6.45, 7) is 3.37. The van der Waals surface area contributed by atoms with Crippen LogP contribution < -0.4 is 15.2 Å². The van der Waals surface area contributed by atoms with Gasteiger partial charge in [-0.15, -0.1) is 0 Å². The number of esters is 2. The Kier molecular flexibility index (Phi) is 9.68. The zero-order valence-corrected chi connectivity index (χ0v) is 21.0. The highest BCUT2D eigenvalue weighted by Gasteiger charge is 2.38. The topological polar surface area (TPSA) is 183 Å². The van der Waals surface area contributed by atoms with Crippen molar-refractivity contribution >= 4 is 29.3 Å². The number of amidine groups is 1. The van der Waals surface area contributed by atoms with Gasteiger partial charge in [0, 0.05) is 18.3 Å². The van der Waals surface area contributed by atoms with E-state index in [4.69, 9.17) is 29.9 Å². The Morgan fingerprint density at radius 2 is 1.71 bits per heavy atom. The first kappa shape index (κ1) is 28.0. The summed E-state index contributed by atoms with van der Waals surface area (Å²) in [4.78, 5) is 38.2. The number of rotatable bonds is 12. The number of hydrogen-bond acceptors (Lipinski definition) is 12. The van der Waals surface area contributed by atoms with Crippen molar-refractivity contribution in [3.63, 3.8) is 0 Å². The van der Waals surface area contributed by atoms with E-state index in [0.717, 1.165) is 5.57 Å². The summed E-state index contributed by atoms with van der Waals surface area (Å²) in [5, 5.41) is 25.1. The van der Waals surface area contributed by atoms with E-state index in [1.807, 2.05) is 0 Å². The van der Waals surface area contributed by atoms with Gasteiger partial charge in [0.15, 0.2) is 36.3 Å². The maximum Gasteiger partial charge on any atom is 0.344 e. The van der Waals surface area contributed by atoms with Crippen molar-refractivity contribution < 1.29 is 43.7 Å². The highest BCUT2D eigenvalue weighted by Crippen LogP contribution is 2.32. The number of benzene rings is 1. The molecular weight excluding hydrogens is 500 g/mol. The highest BCUT2D eigenvalue weighted by atomic mass is 16.6.